The Labute approximate surface area is 135 Å². The molecule has 1 aliphatic heterocycles. The molecule has 4 nitrogen and oxygen atoms in total. The van der Waals surface area contributed by atoms with Crippen LogP contribution in [0.2, 0.25) is 0 Å². The van der Waals surface area contributed by atoms with Crippen molar-refractivity contribution in [3.05, 3.63) is 0 Å². The normalized spacial score (nSPS) is 22.8. The SMILES string of the molecule is CCN(CC)CCCCNC(=NC)NCC1(C)CCCS1. The van der Waals surface area contributed by atoms with E-state index in [0.717, 1.165) is 32.1 Å². The van der Waals surface area contributed by atoms with Gasteiger partial charge in [-0.1, -0.05) is 13.8 Å². The first kappa shape index (κ1) is 18.6. The van der Waals surface area contributed by atoms with Gasteiger partial charge in [0.05, 0.1) is 0 Å². The zero-order valence-electron chi connectivity index (χ0n) is 14.4. The van der Waals surface area contributed by atoms with Crippen LogP contribution in [-0.4, -0.2) is 61.1 Å². The fourth-order valence-corrected chi connectivity index (χ4v) is 3.92. The van der Waals surface area contributed by atoms with E-state index in [2.05, 4.69) is 53.1 Å². The lowest BCUT2D eigenvalue weighted by atomic mass is 10.1. The van der Waals surface area contributed by atoms with Crippen LogP contribution in [0.15, 0.2) is 4.99 Å². The predicted octanol–water partition coefficient (Wildman–Crippen LogP) is 2.56. The number of aliphatic imine (C=N–C) groups is 1. The molecule has 1 unspecified atom stereocenters. The highest BCUT2D eigenvalue weighted by Gasteiger charge is 2.29. The van der Waals surface area contributed by atoms with Gasteiger partial charge in [-0.3, -0.25) is 4.99 Å². The summed E-state index contributed by atoms with van der Waals surface area (Å²) < 4.78 is 0.389. The Bertz CT molecular complexity index is 297. The Morgan fingerprint density at radius 1 is 1.24 bits per heavy atom. The van der Waals surface area contributed by atoms with E-state index in [1.807, 2.05) is 7.05 Å². The largest absolute Gasteiger partial charge is 0.356 e. The van der Waals surface area contributed by atoms with Gasteiger partial charge < -0.3 is 15.5 Å². The van der Waals surface area contributed by atoms with Crippen LogP contribution < -0.4 is 10.6 Å². The van der Waals surface area contributed by atoms with Gasteiger partial charge in [-0.2, -0.15) is 11.8 Å². The number of thioether (sulfide) groups is 1. The van der Waals surface area contributed by atoms with Crippen LogP contribution in [0.3, 0.4) is 0 Å². The van der Waals surface area contributed by atoms with Crippen molar-refractivity contribution in [2.45, 2.75) is 51.2 Å². The van der Waals surface area contributed by atoms with Gasteiger partial charge in [0.2, 0.25) is 0 Å². The second-order valence-electron chi connectivity index (χ2n) is 5.99. The molecule has 1 heterocycles. The van der Waals surface area contributed by atoms with Gasteiger partial charge in [0.25, 0.3) is 0 Å². The van der Waals surface area contributed by atoms with E-state index < -0.39 is 0 Å². The molecule has 0 amide bonds. The van der Waals surface area contributed by atoms with E-state index in [0.29, 0.717) is 4.75 Å². The zero-order chi connectivity index (χ0) is 15.6. The number of nitrogens with one attached hydrogen (secondary N) is 2. The Kier molecular flexibility index (Phi) is 9.16. The van der Waals surface area contributed by atoms with Gasteiger partial charge in [0, 0.05) is 24.9 Å². The first-order valence-corrected chi connectivity index (χ1v) is 9.43. The zero-order valence-corrected chi connectivity index (χ0v) is 15.2. The molecule has 1 rings (SSSR count). The minimum Gasteiger partial charge on any atom is -0.356 e. The first-order chi connectivity index (χ1) is 10.1. The summed E-state index contributed by atoms with van der Waals surface area (Å²) in [7, 11) is 1.86. The third-order valence-electron chi connectivity index (χ3n) is 4.24. The standard InChI is InChI=1S/C16H34N4S/c1-5-20(6-2)12-8-7-11-18-15(17-4)19-14-16(3)10-9-13-21-16/h5-14H2,1-4H3,(H2,17,18,19). The molecule has 0 bridgehead atoms. The van der Waals surface area contributed by atoms with Gasteiger partial charge in [-0.05, 0) is 58.0 Å². The highest BCUT2D eigenvalue weighted by atomic mass is 32.2. The summed E-state index contributed by atoms with van der Waals surface area (Å²) in [5.74, 6) is 2.25. The Balaban J connectivity index is 2.11. The molecule has 0 saturated carbocycles. The van der Waals surface area contributed by atoms with E-state index in [1.165, 1.54) is 38.0 Å². The molecule has 2 N–H and O–H groups in total. The van der Waals surface area contributed by atoms with Crippen LogP contribution in [0, 0.1) is 0 Å². The number of guanidine groups is 1. The lowest BCUT2D eigenvalue weighted by molar-refractivity contribution is 0.297. The van der Waals surface area contributed by atoms with E-state index in [1.54, 1.807) is 0 Å². The highest BCUT2D eigenvalue weighted by Crippen LogP contribution is 2.36. The summed E-state index contributed by atoms with van der Waals surface area (Å²) in [4.78, 5) is 6.80. The van der Waals surface area contributed by atoms with Crippen LogP contribution >= 0.6 is 11.8 Å². The fourth-order valence-electron chi connectivity index (χ4n) is 2.67. The van der Waals surface area contributed by atoms with Crippen molar-refractivity contribution in [1.29, 1.82) is 0 Å². The molecule has 1 fully saturated rings. The van der Waals surface area contributed by atoms with Gasteiger partial charge in [0.15, 0.2) is 5.96 Å². The smallest absolute Gasteiger partial charge is 0.191 e. The van der Waals surface area contributed by atoms with Crippen LogP contribution in [0.1, 0.15) is 46.5 Å². The van der Waals surface area contributed by atoms with Crippen molar-refractivity contribution in [3.63, 3.8) is 0 Å². The topological polar surface area (TPSA) is 39.7 Å². The Morgan fingerprint density at radius 2 is 2.00 bits per heavy atom. The van der Waals surface area contributed by atoms with Gasteiger partial charge in [-0.25, -0.2) is 0 Å². The number of nitrogens with zero attached hydrogens (tertiary/aromatic N) is 2. The first-order valence-electron chi connectivity index (χ1n) is 8.44. The molecule has 0 aromatic rings. The molecule has 1 saturated heterocycles. The Hall–Kier alpha value is -0.420. The quantitative estimate of drug-likeness (QED) is 0.390. The number of hydrogen-bond acceptors (Lipinski definition) is 3. The van der Waals surface area contributed by atoms with Gasteiger partial charge in [0.1, 0.15) is 0 Å². The Morgan fingerprint density at radius 3 is 2.57 bits per heavy atom. The van der Waals surface area contributed by atoms with Gasteiger partial charge in [-0.15, -0.1) is 0 Å². The van der Waals surface area contributed by atoms with Gasteiger partial charge >= 0.3 is 0 Å². The molecule has 0 aliphatic carbocycles. The van der Waals surface area contributed by atoms with Crippen molar-refractivity contribution in [1.82, 2.24) is 15.5 Å². The van der Waals surface area contributed by atoms with Crippen molar-refractivity contribution in [3.8, 4) is 0 Å². The summed E-state index contributed by atoms with van der Waals surface area (Å²) in [6, 6.07) is 0. The summed E-state index contributed by atoms with van der Waals surface area (Å²) in [5.41, 5.74) is 0. The third-order valence-corrected chi connectivity index (χ3v) is 5.78. The minimum atomic E-state index is 0.389. The van der Waals surface area contributed by atoms with Crippen LogP contribution in [-0.2, 0) is 0 Å². The third kappa shape index (κ3) is 7.41. The van der Waals surface area contributed by atoms with E-state index >= 15 is 0 Å². The summed E-state index contributed by atoms with van der Waals surface area (Å²) in [6.45, 7) is 12.4. The predicted molar refractivity (Wildman–Crippen MR) is 96.5 cm³/mol. The van der Waals surface area contributed by atoms with Crippen LogP contribution in [0.25, 0.3) is 0 Å². The van der Waals surface area contributed by atoms with Crippen molar-refractivity contribution in [2.75, 3.05) is 45.5 Å². The number of hydrogen-bond donors (Lipinski definition) is 2. The molecule has 0 aromatic heterocycles. The average Bonchev–Trinajstić information content (AvgIpc) is 2.93. The average molecular weight is 315 g/mol. The highest BCUT2D eigenvalue weighted by molar-refractivity contribution is 8.00. The molecule has 5 heteroatoms. The van der Waals surface area contributed by atoms with Crippen LogP contribution in [0.4, 0.5) is 0 Å². The molecule has 124 valence electrons. The molecule has 0 aromatic carbocycles. The molecular weight excluding hydrogens is 280 g/mol. The molecular formula is C16H34N4S. The second-order valence-corrected chi connectivity index (χ2v) is 7.67. The molecule has 21 heavy (non-hydrogen) atoms. The maximum Gasteiger partial charge on any atom is 0.191 e. The molecule has 0 radical (unpaired) electrons. The lowest BCUT2D eigenvalue weighted by Crippen LogP contribution is -2.44. The van der Waals surface area contributed by atoms with E-state index in [9.17, 15) is 0 Å². The van der Waals surface area contributed by atoms with Crippen LogP contribution in [0.5, 0.6) is 0 Å². The number of unbranched alkanes of at least 4 members (excludes halogenated alkanes) is 1. The molecule has 1 atom stereocenters. The summed E-state index contributed by atoms with van der Waals surface area (Å²) in [6.07, 6.45) is 5.11. The summed E-state index contributed by atoms with van der Waals surface area (Å²) >= 11 is 2.09. The van der Waals surface area contributed by atoms with Crippen molar-refractivity contribution >= 4 is 17.7 Å². The van der Waals surface area contributed by atoms with E-state index in [4.69, 9.17) is 0 Å². The second kappa shape index (κ2) is 10.3. The monoisotopic (exact) mass is 314 g/mol. The molecule has 0 spiro atoms. The fraction of sp³-hybridized carbons (Fsp3) is 0.938. The maximum atomic E-state index is 4.32. The maximum absolute atomic E-state index is 4.32. The van der Waals surface area contributed by atoms with Crippen molar-refractivity contribution in [2.24, 2.45) is 4.99 Å². The molecule has 1 aliphatic rings. The summed E-state index contributed by atoms with van der Waals surface area (Å²) in [5, 5.41) is 6.91. The number of rotatable bonds is 9. The minimum absolute atomic E-state index is 0.389. The van der Waals surface area contributed by atoms with E-state index in [-0.39, 0.29) is 0 Å². The van der Waals surface area contributed by atoms with Crippen molar-refractivity contribution < 1.29 is 0 Å². The lowest BCUT2D eigenvalue weighted by Gasteiger charge is -2.24.